The van der Waals surface area contributed by atoms with Crippen molar-refractivity contribution in [2.75, 3.05) is 0 Å². The van der Waals surface area contributed by atoms with Gasteiger partial charge >= 0.3 is 5.97 Å². The van der Waals surface area contributed by atoms with Crippen molar-refractivity contribution in [2.24, 2.45) is 0 Å². The molecule has 3 aromatic rings. The van der Waals surface area contributed by atoms with E-state index >= 15 is 0 Å². The van der Waals surface area contributed by atoms with Crippen LogP contribution >= 0.6 is 11.6 Å². The van der Waals surface area contributed by atoms with Crippen LogP contribution in [0.1, 0.15) is 16.1 Å². The third-order valence-corrected chi connectivity index (χ3v) is 3.33. The zero-order valence-corrected chi connectivity index (χ0v) is 12.3. The van der Waals surface area contributed by atoms with Crippen molar-refractivity contribution < 1.29 is 9.53 Å². The van der Waals surface area contributed by atoms with E-state index in [2.05, 4.69) is 4.98 Å². The Labute approximate surface area is 132 Å². The predicted octanol–water partition coefficient (Wildman–Crippen LogP) is 4.72. The zero-order chi connectivity index (χ0) is 15.4. The number of benzene rings is 2. The molecule has 22 heavy (non-hydrogen) atoms. The summed E-state index contributed by atoms with van der Waals surface area (Å²) >= 11 is 5.96. The number of hydrogen-bond donors (Lipinski definition) is 0. The van der Waals surface area contributed by atoms with E-state index in [4.69, 9.17) is 16.3 Å². The summed E-state index contributed by atoms with van der Waals surface area (Å²) < 4.78 is 5.08. The Balaban J connectivity index is 1.74. The Bertz CT molecular complexity index is 844. The molecule has 0 saturated carbocycles. The highest BCUT2D eigenvalue weighted by atomic mass is 35.5. The highest BCUT2D eigenvalue weighted by Crippen LogP contribution is 2.18. The van der Waals surface area contributed by atoms with Gasteiger partial charge in [-0.25, -0.2) is 9.78 Å². The number of fused-ring (bicyclic) bond motifs is 1. The maximum absolute atomic E-state index is 11.8. The number of aromatic nitrogens is 1. The third kappa shape index (κ3) is 3.32. The minimum atomic E-state index is -0.402. The topological polar surface area (TPSA) is 39.2 Å². The van der Waals surface area contributed by atoms with Gasteiger partial charge in [-0.2, -0.15) is 0 Å². The molecule has 0 N–H and O–H groups in total. The monoisotopic (exact) mass is 309 g/mol. The van der Waals surface area contributed by atoms with Gasteiger partial charge in [0, 0.05) is 10.4 Å². The maximum atomic E-state index is 11.8. The van der Waals surface area contributed by atoms with Crippen LogP contribution in [0.25, 0.3) is 17.0 Å². The van der Waals surface area contributed by atoms with Crippen LogP contribution in [-0.2, 0) is 4.74 Å². The van der Waals surface area contributed by atoms with Gasteiger partial charge in [0.2, 0.25) is 0 Å². The lowest BCUT2D eigenvalue weighted by atomic mass is 10.2. The van der Waals surface area contributed by atoms with Gasteiger partial charge in [0.1, 0.15) is 0 Å². The fourth-order valence-electron chi connectivity index (χ4n) is 2.01. The van der Waals surface area contributed by atoms with Crippen LogP contribution in [0.5, 0.6) is 0 Å². The second-order valence-electron chi connectivity index (χ2n) is 4.65. The van der Waals surface area contributed by atoms with Crippen molar-refractivity contribution in [1.29, 1.82) is 0 Å². The highest BCUT2D eigenvalue weighted by Gasteiger charge is 2.03. The summed E-state index contributed by atoms with van der Waals surface area (Å²) in [5.41, 5.74) is 1.99. The fraction of sp³-hybridized carbons (Fsp3) is 0. The number of halogens is 1. The Morgan fingerprint density at radius 3 is 2.64 bits per heavy atom. The van der Waals surface area contributed by atoms with Gasteiger partial charge in [-0.05, 0) is 36.4 Å². The first-order chi connectivity index (χ1) is 10.7. The van der Waals surface area contributed by atoms with E-state index in [1.807, 2.05) is 30.3 Å². The summed E-state index contributed by atoms with van der Waals surface area (Å²) in [7, 11) is 0. The van der Waals surface area contributed by atoms with E-state index < -0.39 is 5.97 Å². The average Bonchev–Trinajstić information content (AvgIpc) is 2.55. The minimum absolute atomic E-state index is 0.402. The van der Waals surface area contributed by atoms with Crippen molar-refractivity contribution in [1.82, 2.24) is 4.98 Å². The van der Waals surface area contributed by atoms with E-state index in [1.165, 1.54) is 6.26 Å². The molecule has 0 aliphatic rings. The number of esters is 1. The zero-order valence-electron chi connectivity index (χ0n) is 11.6. The summed E-state index contributed by atoms with van der Waals surface area (Å²) in [6.45, 7) is 0. The van der Waals surface area contributed by atoms with Gasteiger partial charge in [-0.3, -0.25) is 0 Å². The van der Waals surface area contributed by atoms with Gasteiger partial charge in [0.25, 0.3) is 0 Å². The quantitative estimate of drug-likeness (QED) is 0.519. The first-order valence-corrected chi connectivity index (χ1v) is 7.09. The molecule has 0 radical (unpaired) electrons. The molecule has 0 atom stereocenters. The van der Waals surface area contributed by atoms with Gasteiger partial charge in [0.05, 0.1) is 23.0 Å². The molecule has 0 saturated heterocycles. The Hall–Kier alpha value is -2.65. The van der Waals surface area contributed by atoms with Crippen LogP contribution in [0.4, 0.5) is 0 Å². The number of nitrogens with zero attached hydrogens (tertiary/aromatic N) is 1. The molecule has 4 heteroatoms. The van der Waals surface area contributed by atoms with Gasteiger partial charge in [-0.1, -0.05) is 41.9 Å². The maximum Gasteiger partial charge on any atom is 0.342 e. The Kier molecular flexibility index (Phi) is 4.17. The standard InChI is InChI=1S/C18H12ClNO2/c19-15-8-6-13-7-9-16(20-17(13)12-15)10-11-22-18(21)14-4-2-1-3-5-14/h1-12H. The number of pyridine rings is 1. The normalized spacial score (nSPS) is 11.0. The van der Waals surface area contributed by atoms with Crippen LogP contribution in [0.3, 0.4) is 0 Å². The molecule has 0 amide bonds. The second-order valence-corrected chi connectivity index (χ2v) is 5.08. The molecule has 0 fully saturated rings. The number of carbonyl (C=O) groups excluding carboxylic acids is 1. The van der Waals surface area contributed by atoms with Gasteiger partial charge in [-0.15, -0.1) is 0 Å². The van der Waals surface area contributed by atoms with Crippen molar-refractivity contribution in [3.63, 3.8) is 0 Å². The van der Waals surface area contributed by atoms with E-state index in [9.17, 15) is 4.79 Å². The molecule has 1 aromatic heterocycles. The first kappa shape index (κ1) is 14.3. The molecule has 2 aromatic carbocycles. The lowest BCUT2D eigenvalue weighted by Gasteiger charge is -2.00. The van der Waals surface area contributed by atoms with Crippen LogP contribution in [0.2, 0.25) is 5.02 Å². The highest BCUT2D eigenvalue weighted by molar-refractivity contribution is 6.31. The Morgan fingerprint density at radius 2 is 1.82 bits per heavy atom. The summed E-state index contributed by atoms with van der Waals surface area (Å²) in [4.78, 5) is 16.2. The molecule has 1 heterocycles. The molecule has 0 spiro atoms. The SMILES string of the molecule is O=C(OC=Cc1ccc2ccc(Cl)cc2n1)c1ccccc1. The fourth-order valence-corrected chi connectivity index (χ4v) is 2.17. The number of carbonyl (C=O) groups is 1. The van der Waals surface area contributed by atoms with Crippen LogP contribution in [0.15, 0.2) is 66.9 Å². The molecule has 108 valence electrons. The average molecular weight is 310 g/mol. The number of rotatable bonds is 3. The van der Waals surface area contributed by atoms with Gasteiger partial charge < -0.3 is 4.74 Å². The van der Waals surface area contributed by atoms with Crippen molar-refractivity contribution in [3.8, 4) is 0 Å². The molecule has 3 nitrogen and oxygen atoms in total. The first-order valence-electron chi connectivity index (χ1n) is 6.71. The molecule has 0 aliphatic carbocycles. The van der Waals surface area contributed by atoms with E-state index in [1.54, 1.807) is 36.4 Å². The van der Waals surface area contributed by atoms with E-state index in [-0.39, 0.29) is 0 Å². The summed E-state index contributed by atoms with van der Waals surface area (Å²) in [5.74, 6) is -0.402. The third-order valence-electron chi connectivity index (χ3n) is 3.10. The van der Waals surface area contributed by atoms with Crippen LogP contribution in [-0.4, -0.2) is 11.0 Å². The van der Waals surface area contributed by atoms with E-state index in [0.717, 1.165) is 10.9 Å². The largest absolute Gasteiger partial charge is 0.431 e. The van der Waals surface area contributed by atoms with Crippen LogP contribution in [0, 0.1) is 0 Å². The molecular formula is C18H12ClNO2. The van der Waals surface area contributed by atoms with Gasteiger partial charge in [0.15, 0.2) is 0 Å². The number of hydrogen-bond acceptors (Lipinski definition) is 3. The molecule has 0 bridgehead atoms. The summed E-state index contributed by atoms with van der Waals surface area (Å²) in [6, 6.07) is 18.1. The van der Waals surface area contributed by atoms with Crippen molar-refractivity contribution in [2.45, 2.75) is 0 Å². The summed E-state index contributed by atoms with van der Waals surface area (Å²) in [5, 5.41) is 1.64. The smallest absolute Gasteiger partial charge is 0.342 e. The molecule has 0 aliphatic heterocycles. The van der Waals surface area contributed by atoms with Crippen molar-refractivity contribution in [3.05, 3.63) is 83.2 Å². The lowest BCUT2D eigenvalue weighted by molar-refractivity contribution is 0.0665. The van der Waals surface area contributed by atoms with Crippen molar-refractivity contribution >= 4 is 34.5 Å². The molecule has 3 rings (SSSR count). The molecular weight excluding hydrogens is 298 g/mol. The summed E-state index contributed by atoms with van der Waals surface area (Å²) in [6.07, 6.45) is 2.98. The van der Waals surface area contributed by atoms with Crippen LogP contribution < -0.4 is 0 Å². The predicted molar refractivity (Wildman–Crippen MR) is 87.6 cm³/mol. The minimum Gasteiger partial charge on any atom is -0.431 e. The molecule has 0 unspecified atom stereocenters. The number of ether oxygens (including phenoxy) is 1. The second kappa shape index (κ2) is 6.41. The lowest BCUT2D eigenvalue weighted by Crippen LogP contribution is -1.99. The Morgan fingerprint density at radius 1 is 1.05 bits per heavy atom. The van der Waals surface area contributed by atoms with E-state index in [0.29, 0.717) is 16.3 Å².